The van der Waals surface area contributed by atoms with Gasteiger partial charge in [0, 0.05) is 34.4 Å². The van der Waals surface area contributed by atoms with Crippen LogP contribution >= 0.6 is 11.3 Å². The van der Waals surface area contributed by atoms with Crippen molar-refractivity contribution < 1.29 is 18.3 Å². The molecule has 1 aromatic carbocycles. The first kappa shape index (κ1) is 22.0. The SMILES string of the molecule is C[C@H](O)c1ccc(C2(CNC(=O)CCc3ccc(S(C)(=O)=O)cc3)CCCC2)s1. The fraction of sp³-hybridized carbons (Fsp3) is 0.500. The van der Waals surface area contributed by atoms with E-state index in [0.717, 1.165) is 36.1 Å². The molecule has 1 aromatic heterocycles. The number of aliphatic hydroxyl groups is 1. The number of hydrogen-bond acceptors (Lipinski definition) is 5. The third-order valence-corrected chi connectivity index (χ3v) is 8.37. The van der Waals surface area contributed by atoms with Crippen LogP contribution in [0.15, 0.2) is 41.3 Å². The Labute approximate surface area is 177 Å². The van der Waals surface area contributed by atoms with Crippen molar-refractivity contribution in [3.05, 3.63) is 51.7 Å². The Morgan fingerprint density at radius 3 is 2.38 bits per heavy atom. The third-order valence-electron chi connectivity index (χ3n) is 5.74. The molecule has 1 aliphatic carbocycles. The summed E-state index contributed by atoms with van der Waals surface area (Å²) >= 11 is 1.65. The van der Waals surface area contributed by atoms with Gasteiger partial charge in [-0.2, -0.15) is 0 Å². The normalized spacial score (nSPS) is 17.2. The predicted octanol–water partition coefficient (Wildman–Crippen LogP) is 3.77. The molecule has 0 radical (unpaired) electrons. The molecule has 1 heterocycles. The van der Waals surface area contributed by atoms with Gasteiger partial charge in [-0.05, 0) is 56.0 Å². The fourth-order valence-electron chi connectivity index (χ4n) is 3.94. The highest BCUT2D eigenvalue weighted by Gasteiger charge is 2.37. The lowest BCUT2D eigenvalue weighted by atomic mass is 9.84. The largest absolute Gasteiger partial charge is 0.388 e. The van der Waals surface area contributed by atoms with Crippen LogP contribution in [0.5, 0.6) is 0 Å². The molecule has 0 spiro atoms. The van der Waals surface area contributed by atoms with Crippen molar-refractivity contribution in [2.45, 2.75) is 61.9 Å². The van der Waals surface area contributed by atoms with E-state index in [4.69, 9.17) is 0 Å². The molecule has 29 heavy (non-hydrogen) atoms. The number of amides is 1. The predicted molar refractivity (Wildman–Crippen MR) is 116 cm³/mol. The minimum Gasteiger partial charge on any atom is -0.388 e. The number of hydrogen-bond donors (Lipinski definition) is 2. The van der Waals surface area contributed by atoms with Gasteiger partial charge in [0.25, 0.3) is 0 Å². The lowest BCUT2D eigenvalue weighted by Crippen LogP contribution is -2.38. The number of nitrogens with one attached hydrogen (secondary N) is 1. The third kappa shape index (κ3) is 5.47. The van der Waals surface area contributed by atoms with Gasteiger partial charge in [0.15, 0.2) is 9.84 Å². The van der Waals surface area contributed by atoms with Crippen molar-refractivity contribution in [2.75, 3.05) is 12.8 Å². The maximum atomic E-state index is 12.4. The lowest BCUT2D eigenvalue weighted by Gasteiger charge is -2.28. The number of aryl methyl sites for hydroxylation is 1. The first-order chi connectivity index (χ1) is 13.7. The second-order valence-corrected chi connectivity index (χ2v) is 11.2. The zero-order valence-electron chi connectivity index (χ0n) is 17.0. The highest BCUT2D eigenvalue weighted by molar-refractivity contribution is 7.90. The van der Waals surface area contributed by atoms with Gasteiger partial charge >= 0.3 is 0 Å². The Bertz CT molecular complexity index is 939. The van der Waals surface area contributed by atoms with E-state index in [-0.39, 0.29) is 11.3 Å². The summed E-state index contributed by atoms with van der Waals surface area (Å²) in [5, 5.41) is 12.9. The summed E-state index contributed by atoms with van der Waals surface area (Å²) < 4.78 is 23.1. The summed E-state index contributed by atoms with van der Waals surface area (Å²) in [5.41, 5.74) is 0.924. The first-order valence-corrected chi connectivity index (χ1v) is 12.7. The van der Waals surface area contributed by atoms with Gasteiger partial charge in [-0.3, -0.25) is 4.79 Å². The highest BCUT2D eigenvalue weighted by atomic mass is 32.2. The monoisotopic (exact) mass is 435 g/mol. The molecule has 0 unspecified atom stereocenters. The van der Waals surface area contributed by atoms with E-state index < -0.39 is 15.9 Å². The zero-order valence-corrected chi connectivity index (χ0v) is 18.6. The Hall–Kier alpha value is -1.70. The van der Waals surface area contributed by atoms with Crippen LogP contribution in [0.3, 0.4) is 0 Å². The molecule has 1 fully saturated rings. The summed E-state index contributed by atoms with van der Waals surface area (Å²) in [4.78, 5) is 15.0. The summed E-state index contributed by atoms with van der Waals surface area (Å²) in [6, 6.07) is 10.8. The van der Waals surface area contributed by atoms with Crippen LogP contribution in [0, 0.1) is 0 Å². The Kier molecular flexibility index (Phi) is 6.81. The van der Waals surface area contributed by atoms with E-state index in [2.05, 4.69) is 11.4 Å². The van der Waals surface area contributed by atoms with Crippen LogP contribution < -0.4 is 5.32 Å². The highest BCUT2D eigenvalue weighted by Crippen LogP contribution is 2.44. The molecule has 0 aliphatic heterocycles. The molecule has 158 valence electrons. The molecular weight excluding hydrogens is 406 g/mol. The number of thiophene rings is 1. The van der Waals surface area contributed by atoms with Gasteiger partial charge in [0.1, 0.15) is 0 Å². The average molecular weight is 436 g/mol. The fourth-order valence-corrected chi connectivity index (χ4v) is 5.76. The van der Waals surface area contributed by atoms with Crippen LogP contribution in [-0.2, 0) is 26.5 Å². The maximum absolute atomic E-state index is 12.4. The number of sulfone groups is 1. The quantitative estimate of drug-likeness (QED) is 0.661. The van der Waals surface area contributed by atoms with E-state index in [1.54, 1.807) is 42.5 Å². The number of carbonyl (C=O) groups is 1. The van der Waals surface area contributed by atoms with Crippen LogP contribution in [0.25, 0.3) is 0 Å². The van der Waals surface area contributed by atoms with E-state index in [1.165, 1.54) is 11.1 Å². The Morgan fingerprint density at radius 1 is 1.17 bits per heavy atom. The van der Waals surface area contributed by atoms with Crippen LogP contribution in [0.2, 0.25) is 0 Å². The van der Waals surface area contributed by atoms with Crippen molar-refractivity contribution >= 4 is 27.1 Å². The number of carbonyl (C=O) groups excluding carboxylic acids is 1. The van der Waals surface area contributed by atoms with Gasteiger partial charge < -0.3 is 10.4 Å². The number of benzene rings is 1. The van der Waals surface area contributed by atoms with Crippen molar-refractivity contribution in [1.82, 2.24) is 5.32 Å². The van der Waals surface area contributed by atoms with Gasteiger partial charge in [-0.1, -0.05) is 25.0 Å². The summed E-state index contributed by atoms with van der Waals surface area (Å²) in [5.74, 6) is 0.00997. The van der Waals surface area contributed by atoms with Crippen LogP contribution in [-0.4, -0.2) is 32.2 Å². The molecule has 3 rings (SSSR count). The first-order valence-electron chi connectivity index (χ1n) is 10.0. The van der Waals surface area contributed by atoms with Crippen molar-refractivity contribution in [3.63, 3.8) is 0 Å². The second kappa shape index (κ2) is 8.98. The minimum atomic E-state index is -3.20. The van der Waals surface area contributed by atoms with Gasteiger partial charge in [0.05, 0.1) is 11.0 Å². The van der Waals surface area contributed by atoms with Crippen LogP contribution in [0.4, 0.5) is 0 Å². The molecule has 1 atom stereocenters. The van der Waals surface area contributed by atoms with Gasteiger partial charge in [-0.25, -0.2) is 8.42 Å². The molecule has 2 N–H and O–H groups in total. The number of rotatable bonds is 8. The van der Waals surface area contributed by atoms with Crippen LogP contribution in [0.1, 0.15) is 60.4 Å². The van der Waals surface area contributed by atoms with E-state index in [1.807, 2.05) is 6.07 Å². The topological polar surface area (TPSA) is 83.5 Å². The number of aliphatic hydroxyl groups excluding tert-OH is 1. The minimum absolute atomic E-state index is 0.00997. The molecule has 0 bridgehead atoms. The van der Waals surface area contributed by atoms with E-state index >= 15 is 0 Å². The molecule has 1 amide bonds. The van der Waals surface area contributed by atoms with Crippen molar-refractivity contribution in [2.24, 2.45) is 0 Å². The van der Waals surface area contributed by atoms with Crippen molar-refractivity contribution in [3.8, 4) is 0 Å². The molecule has 1 aliphatic rings. The molecule has 0 saturated heterocycles. The molecule has 2 aromatic rings. The Balaban J connectivity index is 1.57. The second-order valence-electron chi connectivity index (χ2n) is 8.06. The summed E-state index contributed by atoms with van der Waals surface area (Å²) in [6.07, 6.45) is 6.10. The van der Waals surface area contributed by atoms with E-state index in [9.17, 15) is 18.3 Å². The molecule has 5 nitrogen and oxygen atoms in total. The molecule has 7 heteroatoms. The van der Waals surface area contributed by atoms with Crippen molar-refractivity contribution in [1.29, 1.82) is 0 Å². The van der Waals surface area contributed by atoms with E-state index in [0.29, 0.717) is 24.3 Å². The Morgan fingerprint density at radius 2 is 1.83 bits per heavy atom. The average Bonchev–Trinajstić information content (AvgIpc) is 3.34. The maximum Gasteiger partial charge on any atom is 0.220 e. The van der Waals surface area contributed by atoms with Gasteiger partial charge in [0.2, 0.25) is 5.91 Å². The molecule has 1 saturated carbocycles. The summed E-state index contributed by atoms with van der Waals surface area (Å²) in [6.45, 7) is 2.40. The standard InChI is InChI=1S/C22H29NO4S2/c1-16(24)19-10-11-20(28-19)22(13-3-4-14-22)15-23-21(25)12-7-17-5-8-18(9-6-17)29(2,26)27/h5-6,8-11,16,24H,3-4,7,12-15H2,1-2H3,(H,23,25)/t16-/m0/s1. The lowest BCUT2D eigenvalue weighted by molar-refractivity contribution is -0.121. The zero-order chi connectivity index (χ0) is 21.1. The smallest absolute Gasteiger partial charge is 0.220 e. The molecular formula is C22H29NO4S2. The summed E-state index contributed by atoms with van der Waals surface area (Å²) in [7, 11) is -3.20. The van der Waals surface area contributed by atoms with Gasteiger partial charge in [-0.15, -0.1) is 11.3 Å².